The number of hydrogen-bond acceptors (Lipinski definition) is 3. The van der Waals surface area contributed by atoms with Gasteiger partial charge in [-0.2, -0.15) is 0 Å². The molecule has 1 atom stereocenters. The summed E-state index contributed by atoms with van der Waals surface area (Å²) in [5.74, 6) is 1.68. The van der Waals surface area contributed by atoms with Gasteiger partial charge in [0, 0.05) is 12.1 Å². The van der Waals surface area contributed by atoms with Crippen molar-refractivity contribution in [3.8, 4) is 0 Å². The number of rotatable bonds is 1. The minimum Gasteiger partial charge on any atom is -0.384 e. The lowest BCUT2D eigenvalue weighted by Crippen LogP contribution is -2.18. The molecular weight excluding hydrogens is 162 g/mol. The van der Waals surface area contributed by atoms with Gasteiger partial charge in [0.15, 0.2) is 0 Å². The fourth-order valence-corrected chi connectivity index (χ4v) is 0.984. The highest BCUT2D eigenvalue weighted by Crippen LogP contribution is 2.32. The Morgan fingerprint density at radius 3 is 2.46 bits per heavy atom. The summed E-state index contributed by atoms with van der Waals surface area (Å²) >= 11 is 0. The predicted octanol–water partition coefficient (Wildman–Crippen LogP) is 2.21. The minimum absolute atomic E-state index is 0.174. The molecule has 1 rings (SSSR count). The Morgan fingerprint density at radius 1 is 1.38 bits per heavy atom. The zero-order valence-electron chi connectivity index (χ0n) is 8.70. The van der Waals surface area contributed by atoms with Crippen molar-refractivity contribution in [2.75, 3.05) is 5.73 Å². The van der Waals surface area contributed by atoms with Gasteiger partial charge >= 0.3 is 0 Å². The second-order valence-corrected chi connectivity index (χ2v) is 4.43. The fraction of sp³-hybridized carbons (Fsp3) is 0.600. The third-order valence-electron chi connectivity index (χ3n) is 2.38. The zero-order valence-corrected chi connectivity index (χ0v) is 8.70. The van der Waals surface area contributed by atoms with Gasteiger partial charge in [-0.05, 0) is 11.5 Å². The van der Waals surface area contributed by atoms with Crippen LogP contribution in [0.2, 0.25) is 0 Å². The molecule has 2 N–H and O–H groups in total. The molecule has 3 heteroatoms. The number of hydrogen-bond donors (Lipinski definition) is 1. The molecular formula is C10H17N3. The van der Waals surface area contributed by atoms with Gasteiger partial charge in [0.05, 0.1) is 0 Å². The van der Waals surface area contributed by atoms with Crippen LogP contribution in [0.15, 0.2) is 12.3 Å². The first kappa shape index (κ1) is 9.96. The number of nitrogens with zero attached hydrogens (tertiary/aromatic N) is 2. The van der Waals surface area contributed by atoms with Crippen molar-refractivity contribution >= 4 is 5.82 Å². The summed E-state index contributed by atoms with van der Waals surface area (Å²) in [4.78, 5) is 8.42. The van der Waals surface area contributed by atoms with Gasteiger partial charge in [-0.25, -0.2) is 9.97 Å². The van der Waals surface area contributed by atoms with Crippen LogP contribution in [0.3, 0.4) is 0 Å². The first-order valence-corrected chi connectivity index (χ1v) is 4.49. The summed E-state index contributed by atoms with van der Waals surface area (Å²) in [6, 6.07) is 1.71. The Balaban J connectivity index is 2.96. The Kier molecular flexibility index (Phi) is 2.55. The normalized spacial score (nSPS) is 14.2. The summed E-state index contributed by atoms with van der Waals surface area (Å²) in [5, 5.41) is 0. The lowest BCUT2D eigenvalue weighted by Gasteiger charge is -2.25. The lowest BCUT2D eigenvalue weighted by atomic mass is 9.81. The number of nitrogen functional groups attached to an aromatic ring is 1. The van der Waals surface area contributed by atoms with Gasteiger partial charge in [0.2, 0.25) is 0 Å². The molecule has 0 saturated carbocycles. The molecule has 0 aliphatic heterocycles. The molecule has 0 fully saturated rings. The molecule has 0 aliphatic rings. The van der Waals surface area contributed by atoms with Gasteiger partial charge < -0.3 is 5.73 Å². The molecule has 1 aromatic rings. The van der Waals surface area contributed by atoms with E-state index < -0.39 is 0 Å². The summed E-state index contributed by atoms with van der Waals surface area (Å²) in [5.41, 5.74) is 5.76. The first-order chi connectivity index (χ1) is 5.91. The molecule has 1 aromatic heterocycles. The van der Waals surface area contributed by atoms with Gasteiger partial charge in [0.25, 0.3) is 0 Å². The van der Waals surface area contributed by atoms with Crippen LogP contribution in [-0.2, 0) is 0 Å². The first-order valence-electron chi connectivity index (χ1n) is 4.49. The molecule has 0 amide bonds. The highest BCUT2D eigenvalue weighted by atomic mass is 14.9. The van der Waals surface area contributed by atoms with E-state index in [1.165, 1.54) is 0 Å². The molecule has 3 nitrogen and oxygen atoms in total. The van der Waals surface area contributed by atoms with Crippen LogP contribution in [0.4, 0.5) is 5.82 Å². The zero-order chi connectivity index (χ0) is 10.1. The third-order valence-corrected chi connectivity index (χ3v) is 2.38. The SMILES string of the molecule is CC(c1nccc(N)n1)C(C)(C)C. The minimum atomic E-state index is 0.174. The monoisotopic (exact) mass is 179 g/mol. The predicted molar refractivity (Wildman–Crippen MR) is 54.3 cm³/mol. The average molecular weight is 179 g/mol. The average Bonchev–Trinajstić information content (AvgIpc) is 2.01. The second-order valence-electron chi connectivity index (χ2n) is 4.43. The van der Waals surface area contributed by atoms with E-state index in [9.17, 15) is 0 Å². The van der Waals surface area contributed by atoms with Crippen molar-refractivity contribution in [2.24, 2.45) is 5.41 Å². The highest BCUT2D eigenvalue weighted by Gasteiger charge is 2.23. The molecule has 0 aliphatic carbocycles. The van der Waals surface area contributed by atoms with Crippen molar-refractivity contribution in [1.29, 1.82) is 0 Å². The van der Waals surface area contributed by atoms with Crippen LogP contribution in [0.5, 0.6) is 0 Å². The smallest absolute Gasteiger partial charge is 0.133 e. The maximum absolute atomic E-state index is 5.59. The Morgan fingerprint density at radius 2 is 2.00 bits per heavy atom. The van der Waals surface area contributed by atoms with E-state index in [0.29, 0.717) is 11.7 Å². The number of nitrogens with two attached hydrogens (primary N) is 1. The molecule has 13 heavy (non-hydrogen) atoms. The summed E-state index contributed by atoms with van der Waals surface area (Å²) < 4.78 is 0. The van der Waals surface area contributed by atoms with Crippen LogP contribution in [0.25, 0.3) is 0 Å². The Labute approximate surface area is 79.4 Å². The van der Waals surface area contributed by atoms with Crippen molar-refractivity contribution in [3.63, 3.8) is 0 Å². The standard InChI is InChI=1S/C10H17N3/c1-7(10(2,3)4)9-12-6-5-8(11)13-9/h5-7H,1-4H3,(H2,11,12,13). The van der Waals surface area contributed by atoms with Crippen molar-refractivity contribution in [1.82, 2.24) is 9.97 Å². The van der Waals surface area contributed by atoms with Gasteiger partial charge in [-0.1, -0.05) is 27.7 Å². The summed E-state index contributed by atoms with van der Waals surface area (Å²) in [6.45, 7) is 8.63. The second kappa shape index (κ2) is 3.32. The molecule has 0 spiro atoms. The third kappa shape index (κ3) is 2.41. The van der Waals surface area contributed by atoms with E-state index in [-0.39, 0.29) is 5.41 Å². The topological polar surface area (TPSA) is 51.8 Å². The summed E-state index contributed by atoms with van der Waals surface area (Å²) in [6.07, 6.45) is 1.71. The molecule has 1 unspecified atom stereocenters. The molecule has 1 heterocycles. The van der Waals surface area contributed by atoms with Gasteiger partial charge in [-0.3, -0.25) is 0 Å². The number of anilines is 1. The van der Waals surface area contributed by atoms with E-state index in [1.807, 2.05) is 0 Å². The molecule has 0 aromatic carbocycles. The molecule has 0 saturated heterocycles. The van der Waals surface area contributed by atoms with E-state index in [4.69, 9.17) is 5.73 Å². The maximum atomic E-state index is 5.59. The highest BCUT2D eigenvalue weighted by molar-refractivity contribution is 5.26. The maximum Gasteiger partial charge on any atom is 0.133 e. The van der Waals surface area contributed by atoms with Crippen LogP contribution < -0.4 is 5.73 Å². The lowest BCUT2D eigenvalue weighted by molar-refractivity contribution is 0.328. The largest absolute Gasteiger partial charge is 0.384 e. The van der Waals surface area contributed by atoms with Gasteiger partial charge in [0.1, 0.15) is 11.6 Å². The summed E-state index contributed by atoms with van der Waals surface area (Å²) in [7, 11) is 0. The van der Waals surface area contributed by atoms with Crippen LogP contribution >= 0.6 is 0 Å². The van der Waals surface area contributed by atoms with Crippen LogP contribution in [0, 0.1) is 5.41 Å². The van der Waals surface area contributed by atoms with Crippen LogP contribution in [0.1, 0.15) is 39.4 Å². The molecule has 72 valence electrons. The number of aromatic nitrogens is 2. The van der Waals surface area contributed by atoms with Crippen molar-refractivity contribution in [3.05, 3.63) is 18.1 Å². The van der Waals surface area contributed by atoms with E-state index in [2.05, 4.69) is 37.7 Å². The Bertz CT molecular complexity index is 288. The van der Waals surface area contributed by atoms with E-state index in [0.717, 1.165) is 5.82 Å². The fourth-order valence-electron chi connectivity index (χ4n) is 0.984. The van der Waals surface area contributed by atoms with Crippen molar-refractivity contribution in [2.45, 2.75) is 33.6 Å². The quantitative estimate of drug-likeness (QED) is 0.719. The van der Waals surface area contributed by atoms with E-state index >= 15 is 0 Å². The van der Waals surface area contributed by atoms with Crippen LogP contribution in [-0.4, -0.2) is 9.97 Å². The van der Waals surface area contributed by atoms with Gasteiger partial charge in [-0.15, -0.1) is 0 Å². The van der Waals surface area contributed by atoms with Crippen molar-refractivity contribution < 1.29 is 0 Å². The Hall–Kier alpha value is -1.12. The molecule has 0 radical (unpaired) electrons. The van der Waals surface area contributed by atoms with E-state index in [1.54, 1.807) is 12.3 Å². The molecule has 0 bridgehead atoms.